The number of rotatable bonds is 4. The molecule has 0 radical (unpaired) electrons. The smallest absolute Gasteiger partial charge is 0.0170 e. The van der Waals surface area contributed by atoms with Gasteiger partial charge in [-0.15, -0.1) is 0 Å². The zero-order valence-electron chi connectivity index (χ0n) is 9.96. The van der Waals surface area contributed by atoms with E-state index in [0.717, 1.165) is 12.5 Å². The van der Waals surface area contributed by atoms with Crippen molar-refractivity contribution in [3.63, 3.8) is 0 Å². The monoisotopic (exact) mass is 210 g/mol. The highest BCUT2D eigenvalue weighted by atomic mass is 15.1. The van der Waals surface area contributed by atoms with E-state index in [0.29, 0.717) is 6.04 Å². The van der Waals surface area contributed by atoms with Crippen LogP contribution in [0, 0.1) is 5.92 Å². The summed E-state index contributed by atoms with van der Waals surface area (Å²) in [6.07, 6.45) is 11.3. The van der Waals surface area contributed by atoms with Crippen molar-refractivity contribution in [2.75, 3.05) is 19.6 Å². The van der Waals surface area contributed by atoms with Gasteiger partial charge in [-0.1, -0.05) is 32.1 Å². The minimum absolute atomic E-state index is 0.436. The lowest BCUT2D eigenvalue weighted by atomic mass is 9.85. The van der Waals surface area contributed by atoms with Crippen molar-refractivity contribution >= 4 is 0 Å². The van der Waals surface area contributed by atoms with Crippen LogP contribution in [0.4, 0.5) is 0 Å². The van der Waals surface area contributed by atoms with Crippen LogP contribution in [0.2, 0.25) is 0 Å². The summed E-state index contributed by atoms with van der Waals surface area (Å²) in [6.45, 7) is 3.73. The second-order valence-electron chi connectivity index (χ2n) is 5.51. The van der Waals surface area contributed by atoms with E-state index in [1.165, 1.54) is 64.5 Å². The van der Waals surface area contributed by atoms with Gasteiger partial charge in [-0.25, -0.2) is 0 Å². The molecule has 1 saturated carbocycles. The first-order chi connectivity index (χ1) is 7.34. The number of hydrogen-bond acceptors (Lipinski definition) is 2. The molecule has 0 unspecified atom stereocenters. The van der Waals surface area contributed by atoms with Crippen molar-refractivity contribution in [3.8, 4) is 0 Å². The first-order valence-corrected chi connectivity index (χ1v) is 6.82. The lowest BCUT2D eigenvalue weighted by molar-refractivity contribution is 0.262. The number of likely N-dealkylation sites (tertiary alicyclic amines) is 1. The number of nitrogens with zero attached hydrogens (tertiary/aromatic N) is 1. The molecule has 1 saturated heterocycles. The Morgan fingerprint density at radius 1 is 1.00 bits per heavy atom. The van der Waals surface area contributed by atoms with Crippen molar-refractivity contribution in [2.45, 2.75) is 57.4 Å². The van der Waals surface area contributed by atoms with Gasteiger partial charge < -0.3 is 10.6 Å². The zero-order chi connectivity index (χ0) is 10.5. The Labute approximate surface area is 94.2 Å². The highest BCUT2D eigenvalue weighted by Gasteiger charge is 2.19. The molecule has 1 atom stereocenters. The summed E-state index contributed by atoms with van der Waals surface area (Å²) in [5.74, 6) is 0.941. The fourth-order valence-electron chi connectivity index (χ4n) is 3.22. The summed E-state index contributed by atoms with van der Waals surface area (Å²) in [7, 11) is 0. The van der Waals surface area contributed by atoms with E-state index >= 15 is 0 Å². The Hall–Kier alpha value is -0.0800. The molecule has 0 aromatic rings. The molecule has 0 aromatic carbocycles. The van der Waals surface area contributed by atoms with E-state index in [2.05, 4.69) is 4.90 Å². The first kappa shape index (κ1) is 11.4. The van der Waals surface area contributed by atoms with E-state index in [1.54, 1.807) is 0 Å². The highest BCUT2D eigenvalue weighted by Crippen LogP contribution is 2.27. The summed E-state index contributed by atoms with van der Waals surface area (Å²) < 4.78 is 0. The molecule has 1 aliphatic carbocycles. The molecule has 2 rings (SSSR count). The summed E-state index contributed by atoms with van der Waals surface area (Å²) in [5, 5.41) is 0. The molecule has 0 aromatic heterocycles. The van der Waals surface area contributed by atoms with Crippen LogP contribution in [-0.2, 0) is 0 Å². The average Bonchev–Trinajstić information content (AvgIpc) is 2.71. The lowest BCUT2D eigenvalue weighted by Gasteiger charge is -2.27. The second kappa shape index (κ2) is 5.86. The Bertz CT molecular complexity index is 169. The molecule has 0 bridgehead atoms. The molecule has 2 fully saturated rings. The van der Waals surface area contributed by atoms with Crippen LogP contribution >= 0.6 is 0 Å². The second-order valence-corrected chi connectivity index (χ2v) is 5.51. The molecule has 2 aliphatic rings. The van der Waals surface area contributed by atoms with Gasteiger partial charge in [0.25, 0.3) is 0 Å². The van der Waals surface area contributed by atoms with Crippen molar-refractivity contribution in [1.82, 2.24) is 4.90 Å². The van der Waals surface area contributed by atoms with Gasteiger partial charge in [0.1, 0.15) is 0 Å². The maximum Gasteiger partial charge on any atom is 0.0170 e. The van der Waals surface area contributed by atoms with Crippen LogP contribution in [0.1, 0.15) is 51.4 Å². The van der Waals surface area contributed by atoms with Gasteiger partial charge in [-0.3, -0.25) is 0 Å². The van der Waals surface area contributed by atoms with Crippen LogP contribution in [-0.4, -0.2) is 30.6 Å². The Morgan fingerprint density at radius 2 is 1.67 bits per heavy atom. The molecule has 15 heavy (non-hydrogen) atoms. The third-order valence-electron chi connectivity index (χ3n) is 4.05. The van der Waals surface area contributed by atoms with E-state index < -0.39 is 0 Å². The summed E-state index contributed by atoms with van der Waals surface area (Å²) >= 11 is 0. The van der Waals surface area contributed by atoms with E-state index in [-0.39, 0.29) is 0 Å². The van der Waals surface area contributed by atoms with Crippen LogP contribution in [0.15, 0.2) is 0 Å². The fraction of sp³-hybridized carbons (Fsp3) is 1.00. The highest BCUT2D eigenvalue weighted by molar-refractivity contribution is 4.77. The first-order valence-electron chi connectivity index (χ1n) is 6.82. The van der Waals surface area contributed by atoms with Crippen LogP contribution in [0.5, 0.6) is 0 Å². The molecule has 2 nitrogen and oxygen atoms in total. The topological polar surface area (TPSA) is 29.3 Å². The van der Waals surface area contributed by atoms with Crippen LogP contribution in [0.3, 0.4) is 0 Å². The minimum Gasteiger partial charge on any atom is -0.327 e. The van der Waals surface area contributed by atoms with Crippen molar-refractivity contribution < 1.29 is 0 Å². The Balaban J connectivity index is 1.64. The quantitative estimate of drug-likeness (QED) is 0.772. The van der Waals surface area contributed by atoms with Gasteiger partial charge in [0.15, 0.2) is 0 Å². The summed E-state index contributed by atoms with van der Waals surface area (Å²) in [5.41, 5.74) is 6.24. The zero-order valence-corrected chi connectivity index (χ0v) is 9.96. The molecule has 1 heterocycles. The van der Waals surface area contributed by atoms with E-state index in [9.17, 15) is 0 Å². The lowest BCUT2D eigenvalue weighted by Crippen LogP contribution is -2.37. The maximum atomic E-state index is 6.24. The van der Waals surface area contributed by atoms with Crippen LogP contribution < -0.4 is 5.73 Å². The van der Waals surface area contributed by atoms with Crippen molar-refractivity contribution in [1.29, 1.82) is 0 Å². The summed E-state index contributed by atoms with van der Waals surface area (Å²) in [4.78, 5) is 2.55. The minimum atomic E-state index is 0.436. The molecule has 1 aliphatic heterocycles. The van der Waals surface area contributed by atoms with Gasteiger partial charge in [-0.05, 0) is 38.3 Å². The predicted octanol–water partition coefficient (Wildman–Crippen LogP) is 2.38. The van der Waals surface area contributed by atoms with Crippen molar-refractivity contribution in [2.24, 2.45) is 11.7 Å². The normalized spacial score (nSPS) is 27.0. The molecule has 88 valence electrons. The predicted molar refractivity (Wildman–Crippen MR) is 64.8 cm³/mol. The van der Waals surface area contributed by atoms with Crippen molar-refractivity contribution in [3.05, 3.63) is 0 Å². The van der Waals surface area contributed by atoms with Gasteiger partial charge in [0, 0.05) is 12.6 Å². The average molecular weight is 210 g/mol. The molecule has 2 N–H and O–H groups in total. The standard InChI is InChI=1S/C13H26N2/c14-13(11-15-8-4-5-9-15)10-12-6-2-1-3-7-12/h12-13H,1-11,14H2/t13-/m0/s1. The Morgan fingerprint density at radius 3 is 2.33 bits per heavy atom. The molecular weight excluding hydrogens is 184 g/mol. The van der Waals surface area contributed by atoms with E-state index in [4.69, 9.17) is 5.73 Å². The number of nitrogens with two attached hydrogens (primary N) is 1. The molecule has 0 amide bonds. The van der Waals surface area contributed by atoms with Gasteiger partial charge in [0.2, 0.25) is 0 Å². The van der Waals surface area contributed by atoms with E-state index in [1.807, 2.05) is 0 Å². The van der Waals surface area contributed by atoms with Gasteiger partial charge in [-0.2, -0.15) is 0 Å². The SMILES string of the molecule is N[C@@H](CC1CCCCC1)CN1CCCC1. The molecule has 0 spiro atoms. The molecule has 2 heteroatoms. The largest absolute Gasteiger partial charge is 0.327 e. The van der Waals surface area contributed by atoms with Gasteiger partial charge >= 0.3 is 0 Å². The third-order valence-corrected chi connectivity index (χ3v) is 4.05. The van der Waals surface area contributed by atoms with Crippen LogP contribution in [0.25, 0.3) is 0 Å². The molecular formula is C13H26N2. The van der Waals surface area contributed by atoms with Gasteiger partial charge in [0.05, 0.1) is 0 Å². The fourth-order valence-corrected chi connectivity index (χ4v) is 3.22. The summed E-state index contributed by atoms with van der Waals surface area (Å²) in [6, 6.07) is 0.436. The number of hydrogen-bond donors (Lipinski definition) is 1. The Kier molecular flexibility index (Phi) is 4.45. The maximum absolute atomic E-state index is 6.24. The third kappa shape index (κ3) is 3.76.